The van der Waals surface area contributed by atoms with Crippen molar-refractivity contribution in [3.05, 3.63) is 42.2 Å². The van der Waals surface area contributed by atoms with E-state index >= 15 is 0 Å². The van der Waals surface area contributed by atoms with Crippen LogP contribution in [-0.4, -0.2) is 87.5 Å². The van der Waals surface area contributed by atoms with Crippen LogP contribution in [0, 0.1) is 5.92 Å². The minimum atomic E-state index is -2.68. The molecule has 2 amide bonds. The van der Waals surface area contributed by atoms with Crippen LogP contribution in [0.2, 0.25) is 0 Å². The van der Waals surface area contributed by atoms with Gasteiger partial charge in [0.2, 0.25) is 11.8 Å². The van der Waals surface area contributed by atoms with E-state index < -0.39 is 24.0 Å². The van der Waals surface area contributed by atoms with Gasteiger partial charge in [-0.05, 0) is 44.0 Å². The number of aromatic nitrogens is 2. The van der Waals surface area contributed by atoms with Gasteiger partial charge in [0.25, 0.3) is 11.8 Å². The molecule has 36 heavy (non-hydrogen) atoms. The third-order valence-electron chi connectivity index (χ3n) is 6.60. The topological polar surface area (TPSA) is 122 Å². The van der Waals surface area contributed by atoms with Gasteiger partial charge in [0.15, 0.2) is 0 Å². The molecule has 2 saturated heterocycles. The number of aliphatic hydroxyl groups is 1. The Morgan fingerprint density at radius 3 is 2.44 bits per heavy atom. The molecule has 11 heteroatoms. The van der Waals surface area contributed by atoms with Crippen LogP contribution in [0.25, 0.3) is 11.3 Å². The number of hydrogen-bond donors (Lipinski definition) is 2. The van der Waals surface area contributed by atoms with Crippen LogP contribution in [0.4, 0.5) is 8.78 Å². The Morgan fingerprint density at radius 1 is 1.17 bits per heavy atom. The number of likely N-dealkylation sites (tertiary alicyclic amines) is 2. The maximum atomic E-state index is 13.2. The van der Waals surface area contributed by atoms with Gasteiger partial charge in [-0.15, -0.1) is 0 Å². The number of halogens is 2. The number of rotatable bonds is 8. The van der Waals surface area contributed by atoms with Crippen LogP contribution in [0.1, 0.15) is 36.5 Å². The lowest BCUT2D eigenvalue weighted by Gasteiger charge is -2.33. The van der Waals surface area contributed by atoms with Gasteiger partial charge in [-0.3, -0.25) is 14.5 Å². The van der Waals surface area contributed by atoms with Crippen LogP contribution in [0.3, 0.4) is 0 Å². The summed E-state index contributed by atoms with van der Waals surface area (Å²) in [7, 11) is 0. The molecule has 2 atom stereocenters. The molecule has 0 aliphatic carbocycles. The normalized spacial score (nSPS) is 21.5. The quantitative estimate of drug-likeness (QED) is 0.565. The van der Waals surface area contributed by atoms with Crippen LogP contribution < -0.4 is 10.5 Å². The summed E-state index contributed by atoms with van der Waals surface area (Å²) in [6, 6.07) is 5.91. The van der Waals surface area contributed by atoms with E-state index in [1.807, 2.05) is 0 Å². The van der Waals surface area contributed by atoms with Gasteiger partial charge in [0, 0.05) is 31.0 Å². The third-order valence-corrected chi connectivity index (χ3v) is 6.60. The summed E-state index contributed by atoms with van der Waals surface area (Å²) in [6.45, 7) is 2.51. The Morgan fingerprint density at radius 2 is 1.86 bits per heavy atom. The smallest absolute Gasteiger partial charge is 0.257 e. The summed E-state index contributed by atoms with van der Waals surface area (Å²) >= 11 is 0. The maximum absolute atomic E-state index is 13.2. The molecule has 2 aliphatic rings. The molecular weight excluding hydrogens is 472 g/mol. The molecule has 0 bridgehead atoms. The number of alkyl halides is 2. The number of carbonyl (C=O) groups excluding carboxylic acids is 2. The van der Waals surface area contributed by atoms with E-state index in [0.717, 1.165) is 25.3 Å². The molecule has 1 aromatic carbocycles. The second-order valence-electron chi connectivity index (χ2n) is 9.68. The van der Waals surface area contributed by atoms with Gasteiger partial charge in [0.05, 0.1) is 37.3 Å². The van der Waals surface area contributed by atoms with Gasteiger partial charge in [-0.2, -0.15) is 0 Å². The van der Waals surface area contributed by atoms with Crippen molar-refractivity contribution >= 4 is 11.8 Å². The van der Waals surface area contributed by atoms with Gasteiger partial charge < -0.3 is 20.5 Å². The van der Waals surface area contributed by atoms with E-state index in [9.17, 15) is 23.5 Å². The molecule has 0 spiro atoms. The number of ether oxygens (including phenoxy) is 1. The Bertz CT molecular complexity index is 1050. The predicted octanol–water partition coefficient (Wildman–Crippen LogP) is 1.95. The number of β-amino-alcohol motifs (C(OH)–C–C–N with tert-alkyl or cyclic N) is 1. The first-order valence-corrected chi connectivity index (χ1v) is 12.0. The maximum Gasteiger partial charge on any atom is 0.257 e. The summed E-state index contributed by atoms with van der Waals surface area (Å²) in [5.74, 6) is -3.02. The number of hydrogen-bond acceptors (Lipinski definition) is 7. The van der Waals surface area contributed by atoms with Crippen molar-refractivity contribution in [2.45, 2.75) is 44.3 Å². The van der Waals surface area contributed by atoms with Crippen LogP contribution >= 0.6 is 0 Å². The minimum Gasteiger partial charge on any atom is -0.476 e. The highest BCUT2D eigenvalue weighted by Crippen LogP contribution is 2.24. The Labute approximate surface area is 208 Å². The first-order valence-electron chi connectivity index (χ1n) is 12.0. The number of piperidine rings is 1. The van der Waals surface area contributed by atoms with E-state index in [-0.39, 0.29) is 31.3 Å². The minimum absolute atomic E-state index is 0.0644. The summed E-state index contributed by atoms with van der Waals surface area (Å²) < 4.78 is 32.1. The van der Waals surface area contributed by atoms with Gasteiger partial charge in [-0.25, -0.2) is 18.7 Å². The van der Waals surface area contributed by atoms with E-state index in [1.165, 1.54) is 11.1 Å². The SMILES string of the molecule is CC(F)(F)CN1CCC(COc2cnc(-c3ccc(C(=O)N4C[C@H](O)C[C@H]4C(N)=O)cc3)cn2)CC1. The fourth-order valence-corrected chi connectivity index (χ4v) is 4.70. The molecule has 3 N–H and O–H groups in total. The summed E-state index contributed by atoms with van der Waals surface area (Å²) in [4.78, 5) is 36.2. The number of aliphatic hydroxyl groups excluding tert-OH is 1. The van der Waals surface area contributed by atoms with Gasteiger partial charge in [0.1, 0.15) is 6.04 Å². The predicted molar refractivity (Wildman–Crippen MR) is 127 cm³/mol. The molecule has 3 heterocycles. The molecule has 2 aliphatic heterocycles. The van der Waals surface area contributed by atoms with Crippen LogP contribution in [0.5, 0.6) is 5.88 Å². The standard InChI is InChI=1S/C25H31F2N5O4/c1-25(26,27)15-31-8-6-16(7-9-31)14-36-22-12-29-20(11-30-22)17-2-4-18(5-3-17)24(35)32-13-19(33)10-21(32)23(28)34/h2-5,11-12,16,19,21,33H,6-10,13-15H2,1H3,(H2,28,34)/t19-,21+/m1/s1. The number of amides is 2. The van der Waals surface area contributed by atoms with Crippen molar-refractivity contribution in [3.63, 3.8) is 0 Å². The lowest BCUT2D eigenvalue weighted by molar-refractivity contribution is -0.121. The van der Waals surface area contributed by atoms with E-state index in [2.05, 4.69) is 9.97 Å². The molecule has 2 aromatic rings. The zero-order chi connectivity index (χ0) is 25.9. The lowest BCUT2D eigenvalue weighted by atomic mass is 9.97. The third kappa shape index (κ3) is 6.52. The molecular formula is C25H31F2N5O4. The first kappa shape index (κ1) is 25.9. The first-order chi connectivity index (χ1) is 17.1. The van der Waals surface area contributed by atoms with Gasteiger partial charge >= 0.3 is 0 Å². The fraction of sp³-hybridized carbons (Fsp3) is 0.520. The molecule has 2 fully saturated rings. The Kier molecular flexibility index (Phi) is 7.79. The van der Waals surface area contributed by atoms with Crippen molar-refractivity contribution in [1.29, 1.82) is 0 Å². The highest BCUT2D eigenvalue weighted by atomic mass is 19.3. The van der Waals surface area contributed by atoms with Crippen molar-refractivity contribution in [2.75, 3.05) is 32.8 Å². The van der Waals surface area contributed by atoms with Crippen molar-refractivity contribution in [1.82, 2.24) is 19.8 Å². The summed E-state index contributed by atoms with van der Waals surface area (Å²) in [6.07, 6.45) is 4.07. The van der Waals surface area contributed by atoms with E-state index in [0.29, 0.717) is 36.8 Å². The van der Waals surface area contributed by atoms with Gasteiger partial charge in [-0.1, -0.05) is 12.1 Å². The number of carbonyl (C=O) groups is 2. The molecule has 9 nitrogen and oxygen atoms in total. The number of nitrogens with two attached hydrogens (primary N) is 1. The number of primary amides is 1. The zero-order valence-electron chi connectivity index (χ0n) is 20.1. The molecule has 0 radical (unpaired) electrons. The zero-order valence-corrected chi connectivity index (χ0v) is 20.1. The highest BCUT2D eigenvalue weighted by molar-refractivity contribution is 5.98. The van der Waals surface area contributed by atoms with E-state index in [4.69, 9.17) is 10.5 Å². The fourth-order valence-electron chi connectivity index (χ4n) is 4.70. The molecule has 0 unspecified atom stereocenters. The lowest BCUT2D eigenvalue weighted by Crippen LogP contribution is -2.43. The number of nitrogens with zero attached hydrogens (tertiary/aromatic N) is 4. The van der Waals surface area contributed by atoms with E-state index in [1.54, 1.807) is 35.4 Å². The van der Waals surface area contributed by atoms with Crippen LogP contribution in [0.15, 0.2) is 36.7 Å². The summed E-state index contributed by atoms with van der Waals surface area (Å²) in [5, 5.41) is 9.84. The average molecular weight is 504 g/mol. The molecule has 4 rings (SSSR count). The average Bonchev–Trinajstić information content (AvgIpc) is 3.25. The monoisotopic (exact) mass is 503 g/mol. The highest BCUT2D eigenvalue weighted by Gasteiger charge is 2.38. The molecule has 0 saturated carbocycles. The second-order valence-corrected chi connectivity index (χ2v) is 9.68. The Hall–Kier alpha value is -3.18. The van der Waals surface area contributed by atoms with Crippen molar-refractivity contribution in [2.24, 2.45) is 11.7 Å². The molecule has 194 valence electrons. The second kappa shape index (κ2) is 10.8. The van der Waals surface area contributed by atoms with Crippen LogP contribution in [-0.2, 0) is 4.79 Å². The Balaban J connectivity index is 1.29. The van der Waals surface area contributed by atoms with Crippen molar-refractivity contribution < 1.29 is 28.2 Å². The number of benzene rings is 1. The molecule has 1 aromatic heterocycles. The summed E-state index contributed by atoms with van der Waals surface area (Å²) in [5.41, 5.74) is 7.09. The van der Waals surface area contributed by atoms with Crippen molar-refractivity contribution in [3.8, 4) is 17.1 Å². The largest absolute Gasteiger partial charge is 0.476 e.